The van der Waals surface area contributed by atoms with E-state index in [4.69, 9.17) is 11.6 Å². The number of carbonyl (C=O) groups is 1. The highest BCUT2D eigenvalue weighted by Crippen LogP contribution is 2.22. The van der Waals surface area contributed by atoms with Gasteiger partial charge < -0.3 is 5.32 Å². The molecule has 0 radical (unpaired) electrons. The van der Waals surface area contributed by atoms with Crippen molar-refractivity contribution in [2.75, 3.05) is 0 Å². The molecule has 1 atom stereocenters. The highest BCUT2D eigenvalue weighted by Gasteiger charge is 2.18. The number of carbonyl (C=O) groups excluding carboxylic acids is 1. The topological polar surface area (TPSA) is 29.1 Å². The minimum atomic E-state index is -3.00. The van der Waals surface area contributed by atoms with Gasteiger partial charge in [0.15, 0.2) is 0 Å². The molecule has 15 heavy (non-hydrogen) atoms. The van der Waals surface area contributed by atoms with Crippen LogP contribution in [0.4, 0.5) is 8.78 Å². The summed E-state index contributed by atoms with van der Waals surface area (Å²) in [4.78, 5) is 10.7. The van der Waals surface area contributed by atoms with E-state index in [0.717, 1.165) is 0 Å². The lowest BCUT2D eigenvalue weighted by Crippen LogP contribution is -2.31. The molecule has 0 aliphatic carbocycles. The van der Waals surface area contributed by atoms with Crippen LogP contribution in [0.2, 0.25) is 5.02 Å². The van der Waals surface area contributed by atoms with E-state index in [1.807, 2.05) is 0 Å². The van der Waals surface area contributed by atoms with Crippen molar-refractivity contribution in [3.8, 4) is 0 Å². The summed E-state index contributed by atoms with van der Waals surface area (Å²) in [6, 6.07) is 6.25. The second kappa shape index (κ2) is 5.07. The fraction of sp³-hybridized carbons (Fsp3) is 0.300. The van der Waals surface area contributed by atoms with Gasteiger partial charge in [0.25, 0.3) is 5.91 Å². The minimum absolute atomic E-state index is 0.444. The average molecular weight is 234 g/mol. The molecule has 1 aromatic carbocycles. The zero-order chi connectivity index (χ0) is 11.4. The number of alkyl halides is 2. The smallest absolute Gasteiger partial charge is 0.315 e. The second-order valence-electron chi connectivity index (χ2n) is 3.05. The number of rotatable bonds is 3. The van der Waals surface area contributed by atoms with E-state index in [1.165, 1.54) is 0 Å². The molecule has 0 spiro atoms. The van der Waals surface area contributed by atoms with E-state index >= 15 is 0 Å². The first-order valence-corrected chi connectivity index (χ1v) is 4.73. The molecule has 0 aromatic heterocycles. The minimum Gasteiger partial charge on any atom is -0.345 e. The van der Waals surface area contributed by atoms with Crippen molar-refractivity contribution in [2.24, 2.45) is 0 Å². The van der Waals surface area contributed by atoms with Crippen molar-refractivity contribution in [3.05, 3.63) is 34.9 Å². The number of halogens is 3. The van der Waals surface area contributed by atoms with E-state index in [-0.39, 0.29) is 0 Å². The zero-order valence-corrected chi connectivity index (χ0v) is 8.76. The molecule has 5 heteroatoms. The fourth-order valence-corrected chi connectivity index (χ4v) is 1.48. The third-order valence-corrected chi connectivity index (χ3v) is 2.27. The van der Waals surface area contributed by atoms with Crippen LogP contribution < -0.4 is 5.32 Å². The molecule has 0 bridgehead atoms. The third-order valence-electron chi connectivity index (χ3n) is 1.93. The monoisotopic (exact) mass is 233 g/mol. The van der Waals surface area contributed by atoms with E-state index < -0.39 is 18.4 Å². The fourth-order valence-electron chi connectivity index (χ4n) is 1.18. The Morgan fingerprint density at radius 1 is 1.40 bits per heavy atom. The first-order valence-electron chi connectivity index (χ1n) is 4.35. The van der Waals surface area contributed by atoms with Crippen molar-refractivity contribution < 1.29 is 13.6 Å². The summed E-state index contributed by atoms with van der Waals surface area (Å²) < 4.78 is 23.9. The first-order chi connectivity index (χ1) is 7.02. The Kier molecular flexibility index (Phi) is 4.03. The molecule has 0 saturated carbocycles. The van der Waals surface area contributed by atoms with E-state index in [1.54, 1.807) is 31.2 Å². The number of amides is 1. The summed E-state index contributed by atoms with van der Waals surface area (Å²) in [5, 5.41) is 2.61. The van der Waals surface area contributed by atoms with Gasteiger partial charge >= 0.3 is 6.43 Å². The first kappa shape index (κ1) is 11.9. The highest BCUT2D eigenvalue weighted by molar-refractivity contribution is 6.31. The summed E-state index contributed by atoms with van der Waals surface area (Å²) in [5.74, 6) is -1.29. The quantitative estimate of drug-likeness (QED) is 0.855. The van der Waals surface area contributed by atoms with E-state index in [0.29, 0.717) is 10.6 Å². The van der Waals surface area contributed by atoms with Crippen LogP contribution in [0.3, 0.4) is 0 Å². The molecule has 82 valence electrons. The molecule has 2 nitrogen and oxygen atoms in total. The summed E-state index contributed by atoms with van der Waals surface area (Å²) >= 11 is 5.84. The van der Waals surface area contributed by atoms with Gasteiger partial charge in [0, 0.05) is 5.02 Å². The maximum absolute atomic E-state index is 12.0. The molecule has 0 saturated heterocycles. The van der Waals surface area contributed by atoms with Crippen LogP contribution in [-0.4, -0.2) is 12.3 Å². The molecule has 1 aromatic rings. The molecular formula is C10H10ClF2NO. The van der Waals surface area contributed by atoms with Gasteiger partial charge in [-0.2, -0.15) is 8.78 Å². The number of benzene rings is 1. The highest BCUT2D eigenvalue weighted by atomic mass is 35.5. The SMILES string of the molecule is C[C@H](NC(=O)C(F)F)c1ccccc1Cl. The van der Waals surface area contributed by atoms with Crippen LogP contribution in [0.15, 0.2) is 24.3 Å². The van der Waals surface area contributed by atoms with Crippen molar-refractivity contribution >= 4 is 17.5 Å². The van der Waals surface area contributed by atoms with Gasteiger partial charge in [-0.3, -0.25) is 4.79 Å². The van der Waals surface area contributed by atoms with Crippen LogP contribution >= 0.6 is 11.6 Å². The molecule has 1 rings (SSSR count). The van der Waals surface area contributed by atoms with Crippen LogP contribution in [-0.2, 0) is 4.79 Å². The van der Waals surface area contributed by atoms with E-state index in [9.17, 15) is 13.6 Å². The Bertz CT molecular complexity index is 357. The second-order valence-corrected chi connectivity index (χ2v) is 3.46. The standard InChI is InChI=1S/C10H10ClF2NO/c1-6(14-10(15)9(12)13)7-4-2-3-5-8(7)11/h2-6,9H,1H3,(H,14,15)/t6-/m0/s1. The Balaban J connectivity index is 2.73. The molecule has 0 aliphatic heterocycles. The average Bonchev–Trinajstić information content (AvgIpc) is 2.18. The van der Waals surface area contributed by atoms with Gasteiger partial charge in [-0.05, 0) is 18.6 Å². The zero-order valence-electron chi connectivity index (χ0n) is 8.01. The van der Waals surface area contributed by atoms with Gasteiger partial charge in [-0.15, -0.1) is 0 Å². The van der Waals surface area contributed by atoms with Crippen molar-refractivity contribution in [3.63, 3.8) is 0 Å². The van der Waals surface area contributed by atoms with Crippen LogP contribution in [0.25, 0.3) is 0 Å². The molecule has 0 aliphatic rings. The molecule has 0 unspecified atom stereocenters. The Labute approximate surface area is 91.2 Å². The summed E-state index contributed by atoms with van der Waals surface area (Å²) in [5.41, 5.74) is 0.619. The van der Waals surface area contributed by atoms with Gasteiger partial charge in [0.1, 0.15) is 0 Å². The molecule has 1 N–H and O–H groups in total. The largest absolute Gasteiger partial charge is 0.345 e. The van der Waals surface area contributed by atoms with Crippen LogP contribution in [0, 0.1) is 0 Å². The van der Waals surface area contributed by atoms with Crippen LogP contribution in [0.1, 0.15) is 18.5 Å². The molecule has 0 fully saturated rings. The number of hydrogen-bond donors (Lipinski definition) is 1. The Hall–Kier alpha value is -1.16. The van der Waals surface area contributed by atoms with Crippen molar-refractivity contribution in [1.82, 2.24) is 5.32 Å². The van der Waals surface area contributed by atoms with Crippen molar-refractivity contribution in [1.29, 1.82) is 0 Å². The Morgan fingerprint density at radius 3 is 2.53 bits per heavy atom. The summed E-state index contributed by atoms with van der Waals surface area (Å²) in [7, 11) is 0. The Morgan fingerprint density at radius 2 is 2.00 bits per heavy atom. The number of nitrogens with one attached hydrogen (secondary N) is 1. The molecule has 1 amide bonds. The van der Waals surface area contributed by atoms with Gasteiger partial charge in [-0.1, -0.05) is 29.8 Å². The maximum atomic E-state index is 12.0. The van der Waals surface area contributed by atoms with Gasteiger partial charge in [-0.25, -0.2) is 0 Å². The normalized spacial score (nSPS) is 12.6. The summed E-state index contributed by atoms with van der Waals surface area (Å²) in [6.45, 7) is 1.60. The van der Waals surface area contributed by atoms with E-state index in [2.05, 4.69) is 5.32 Å². The molecule has 0 heterocycles. The number of hydrogen-bond acceptors (Lipinski definition) is 1. The molecular weight excluding hydrogens is 224 g/mol. The predicted molar refractivity (Wildman–Crippen MR) is 54.0 cm³/mol. The lowest BCUT2D eigenvalue weighted by molar-refractivity contribution is -0.132. The third kappa shape index (κ3) is 3.16. The van der Waals surface area contributed by atoms with Gasteiger partial charge in [0.2, 0.25) is 0 Å². The summed E-state index contributed by atoms with van der Waals surface area (Å²) in [6.07, 6.45) is -3.00. The van der Waals surface area contributed by atoms with Gasteiger partial charge in [0.05, 0.1) is 6.04 Å². The van der Waals surface area contributed by atoms with Crippen LogP contribution in [0.5, 0.6) is 0 Å². The maximum Gasteiger partial charge on any atom is 0.315 e. The predicted octanol–water partition coefficient (Wildman–Crippen LogP) is 2.78. The lowest BCUT2D eigenvalue weighted by Gasteiger charge is -2.15. The lowest BCUT2D eigenvalue weighted by atomic mass is 10.1. The van der Waals surface area contributed by atoms with Crippen molar-refractivity contribution in [2.45, 2.75) is 19.4 Å².